The lowest BCUT2D eigenvalue weighted by molar-refractivity contribution is 0.0656. The van der Waals surface area contributed by atoms with E-state index in [1.165, 1.54) is 15.7 Å². The van der Waals surface area contributed by atoms with Crippen LogP contribution < -0.4 is 10.7 Å². The van der Waals surface area contributed by atoms with Crippen molar-refractivity contribution in [2.24, 2.45) is 0 Å². The van der Waals surface area contributed by atoms with Crippen LogP contribution in [-0.4, -0.2) is 69.2 Å². The van der Waals surface area contributed by atoms with Crippen LogP contribution in [-0.2, 0) is 6.54 Å². The first kappa shape index (κ1) is 25.5. The van der Waals surface area contributed by atoms with Crippen LogP contribution in [0.25, 0.3) is 0 Å². The Labute approximate surface area is 206 Å². The molecule has 0 radical (unpaired) electrons. The molecule has 1 aromatic carbocycles. The number of hydrogen-bond donors (Lipinski definition) is 3. The summed E-state index contributed by atoms with van der Waals surface area (Å²) >= 11 is 5.57. The second-order valence-electron chi connectivity index (χ2n) is 8.78. The lowest BCUT2D eigenvalue weighted by Crippen LogP contribution is -2.46. The zero-order chi connectivity index (χ0) is 25.4. The molecule has 1 fully saturated rings. The molecule has 2 aliphatic rings. The third-order valence-corrected chi connectivity index (χ3v) is 9.56. The van der Waals surface area contributed by atoms with Crippen LogP contribution in [0.4, 0.5) is 8.78 Å². The zero-order valence-corrected chi connectivity index (χ0v) is 20.6. The van der Waals surface area contributed by atoms with Gasteiger partial charge in [0.05, 0.1) is 6.04 Å². The van der Waals surface area contributed by atoms with Crippen molar-refractivity contribution < 1.29 is 28.6 Å². The van der Waals surface area contributed by atoms with E-state index in [1.54, 1.807) is 0 Å². The van der Waals surface area contributed by atoms with Crippen LogP contribution in [0.1, 0.15) is 45.8 Å². The van der Waals surface area contributed by atoms with Gasteiger partial charge in [0.15, 0.2) is 11.4 Å². The molecular weight excluding hydrogens is 503 g/mol. The number of aliphatic hydroxyl groups is 1. The van der Waals surface area contributed by atoms with E-state index in [2.05, 4.69) is 12.2 Å². The third-order valence-electron chi connectivity index (χ3n) is 6.34. The summed E-state index contributed by atoms with van der Waals surface area (Å²) < 4.78 is 29.1. The maximum absolute atomic E-state index is 14.2. The number of aromatic hydroxyl groups is 1. The molecule has 3 heterocycles. The smallest absolute Gasteiger partial charge is 0.274 e. The molecule has 35 heavy (non-hydrogen) atoms. The molecule has 3 atom stereocenters. The predicted molar refractivity (Wildman–Crippen MR) is 128 cm³/mol. The van der Waals surface area contributed by atoms with E-state index in [-0.39, 0.29) is 44.9 Å². The highest BCUT2D eigenvalue weighted by molar-refractivity contribution is 7.66. The summed E-state index contributed by atoms with van der Waals surface area (Å²) in [5.74, 6) is -4.20. The molecule has 188 valence electrons. The number of fused-ring (bicyclic) bond motifs is 1. The summed E-state index contributed by atoms with van der Waals surface area (Å²) in [6.45, 7) is 2.29. The summed E-state index contributed by atoms with van der Waals surface area (Å²) in [4.78, 5) is 40.2. The fourth-order valence-corrected chi connectivity index (χ4v) is 6.70. The van der Waals surface area contributed by atoms with Gasteiger partial charge in [-0.1, -0.05) is 24.6 Å². The maximum Gasteiger partial charge on any atom is 0.274 e. The van der Waals surface area contributed by atoms with Crippen molar-refractivity contribution in [3.63, 3.8) is 0 Å². The number of benzene rings is 1. The number of rotatable bonds is 8. The quantitative estimate of drug-likeness (QED) is 0.361. The van der Waals surface area contributed by atoms with E-state index in [0.717, 1.165) is 24.5 Å². The van der Waals surface area contributed by atoms with Gasteiger partial charge in [-0.15, -0.1) is 7.92 Å². The van der Waals surface area contributed by atoms with Crippen molar-refractivity contribution in [3.05, 3.63) is 62.0 Å². The first-order valence-electron chi connectivity index (χ1n) is 11.2. The predicted octanol–water partition coefficient (Wildman–Crippen LogP) is 2.68. The molecule has 2 aliphatic heterocycles. The second kappa shape index (κ2) is 10.2. The van der Waals surface area contributed by atoms with Crippen LogP contribution in [0.15, 0.2) is 23.1 Å². The topological polar surface area (TPSA) is 112 Å². The highest BCUT2D eigenvalue weighted by Crippen LogP contribution is 2.60. The number of carbonyl (C=O) groups is 2. The molecule has 1 saturated heterocycles. The molecule has 2 amide bonds. The summed E-state index contributed by atoms with van der Waals surface area (Å²) in [6, 6.07) is 1.85. The minimum Gasteiger partial charge on any atom is -0.503 e. The Bertz CT molecular complexity index is 1240. The minimum absolute atomic E-state index is 0.0786. The average Bonchev–Trinajstić information content (AvgIpc) is 3.53. The van der Waals surface area contributed by atoms with Gasteiger partial charge in [0, 0.05) is 38.0 Å². The highest BCUT2D eigenvalue weighted by atomic mass is 35.5. The molecule has 0 bridgehead atoms. The summed E-state index contributed by atoms with van der Waals surface area (Å²) in [5.41, 5.74) is -1.08. The number of amides is 2. The molecule has 3 N–H and O–H groups in total. The number of hydrogen-bond acceptors (Lipinski definition) is 5. The Morgan fingerprint density at radius 2 is 2.03 bits per heavy atom. The van der Waals surface area contributed by atoms with Crippen LogP contribution in [0.2, 0.25) is 5.02 Å². The van der Waals surface area contributed by atoms with E-state index in [1.807, 2.05) is 0 Å². The van der Waals surface area contributed by atoms with Crippen molar-refractivity contribution in [1.29, 1.82) is 0 Å². The molecule has 2 aromatic rings. The van der Waals surface area contributed by atoms with E-state index in [0.29, 0.717) is 18.6 Å². The van der Waals surface area contributed by atoms with E-state index in [4.69, 9.17) is 11.6 Å². The molecule has 0 aliphatic carbocycles. The van der Waals surface area contributed by atoms with Gasteiger partial charge in [-0.3, -0.25) is 14.4 Å². The lowest BCUT2D eigenvalue weighted by Gasteiger charge is -2.36. The molecule has 12 heteroatoms. The molecule has 0 spiro atoms. The Morgan fingerprint density at radius 1 is 1.31 bits per heavy atom. The third kappa shape index (κ3) is 5.06. The van der Waals surface area contributed by atoms with Gasteiger partial charge in [-0.25, -0.2) is 8.78 Å². The standard InChI is InChI=1S/C23H25ClF2N3O5P/c1-12-10-35(12)11-14-8-28(5-2-6-30)23(34)19-21(32)20(31)15(9-29(14)19)22(33)27-7-13-3-4-16(25)17(24)18(13)26/h3-4,9,12,14,30,32H,2,5-8,10-11H2,1H3,(H,27,33)/t12-,14?,35?/m1/s1. The molecule has 4 rings (SSSR count). The molecule has 0 saturated carbocycles. The monoisotopic (exact) mass is 527 g/mol. The fraction of sp³-hybridized carbons (Fsp3) is 0.435. The van der Waals surface area contributed by atoms with Crippen molar-refractivity contribution >= 4 is 31.3 Å². The second-order valence-corrected chi connectivity index (χ2v) is 11.9. The van der Waals surface area contributed by atoms with Gasteiger partial charge in [0.2, 0.25) is 5.43 Å². The van der Waals surface area contributed by atoms with Gasteiger partial charge in [0.1, 0.15) is 22.2 Å². The Morgan fingerprint density at radius 3 is 2.69 bits per heavy atom. The zero-order valence-electron chi connectivity index (χ0n) is 18.9. The van der Waals surface area contributed by atoms with E-state index in [9.17, 15) is 33.4 Å². The SMILES string of the molecule is C[C@@H]1CP1CC1CN(CCCO)C(=O)c2c(O)c(=O)c(C(=O)NCc3ccc(F)c(Cl)c3F)cn21. The number of nitrogens with one attached hydrogen (secondary N) is 1. The number of nitrogens with zero attached hydrogens (tertiary/aromatic N) is 2. The van der Waals surface area contributed by atoms with Gasteiger partial charge >= 0.3 is 0 Å². The normalized spacial score (nSPS) is 21.1. The largest absolute Gasteiger partial charge is 0.503 e. The van der Waals surface area contributed by atoms with Crippen LogP contribution in [0, 0.1) is 11.6 Å². The average molecular weight is 528 g/mol. The van der Waals surface area contributed by atoms with Crippen molar-refractivity contribution in [2.75, 3.05) is 32.0 Å². The molecule has 8 nitrogen and oxygen atoms in total. The first-order chi connectivity index (χ1) is 16.6. The Kier molecular flexibility index (Phi) is 7.45. The maximum atomic E-state index is 14.2. The Hall–Kier alpha value is -2.55. The summed E-state index contributed by atoms with van der Waals surface area (Å²) in [7, 11) is -0.247. The number of carbonyl (C=O) groups excluding carboxylic acids is 2. The van der Waals surface area contributed by atoms with Gasteiger partial charge < -0.3 is 25.0 Å². The van der Waals surface area contributed by atoms with Crippen molar-refractivity contribution in [2.45, 2.75) is 31.6 Å². The van der Waals surface area contributed by atoms with E-state index < -0.39 is 45.2 Å². The fourth-order valence-electron chi connectivity index (χ4n) is 4.25. The number of halogens is 3. The highest BCUT2D eigenvalue weighted by Gasteiger charge is 2.40. The van der Waals surface area contributed by atoms with Gasteiger partial charge in [0.25, 0.3) is 11.8 Å². The Balaban J connectivity index is 1.65. The van der Waals surface area contributed by atoms with Gasteiger partial charge in [-0.05, 0) is 30.5 Å². The van der Waals surface area contributed by atoms with E-state index >= 15 is 0 Å². The number of aromatic nitrogens is 1. The summed E-state index contributed by atoms with van der Waals surface area (Å²) in [5, 5.41) is 21.5. The van der Waals surface area contributed by atoms with Crippen LogP contribution >= 0.6 is 19.5 Å². The minimum atomic E-state index is -1.02. The number of pyridine rings is 1. The molecular formula is C23H25ClF2N3O5P. The van der Waals surface area contributed by atoms with Crippen molar-refractivity contribution in [1.82, 2.24) is 14.8 Å². The summed E-state index contributed by atoms with van der Waals surface area (Å²) in [6.07, 6.45) is 3.49. The first-order valence-corrected chi connectivity index (χ1v) is 13.3. The van der Waals surface area contributed by atoms with Crippen LogP contribution in [0.5, 0.6) is 5.75 Å². The number of aliphatic hydroxyl groups excluding tert-OH is 1. The van der Waals surface area contributed by atoms with Gasteiger partial charge in [-0.2, -0.15) is 0 Å². The van der Waals surface area contributed by atoms with Crippen LogP contribution in [0.3, 0.4) is 0 Å². The lowest BCUT2D eigenvalue weighted by atomic mass is 10.1. The molecule has 1 aromatic heterocycles. The molecule has 2 unspecified atom stereocenters. The van der Waals surface area contributed by atoms with Crippen molar-refractivity contribution in [3.8, 4) is 5.75 Å².